The van der Waals surface area contributed by atoms with Crippen molar-refractivity contribution in [2.75, 3.05) is 7.05 Å². The first-order valence-electron chi connectivity index (χ1n) is 6.52. The number of amides is 2. The number of likely N-dealkylation sites (tertiary alicyclic amines) is 1. The highest BCUT2D eigenvalue weighted by Gasteiger charge is 2.39. The lowest BCUT2D eigenvalue weighted by Crippen LogP contribution is -2.27. The van der Waals surface area contributed by atoms with Crippen molar-refractivity contribution >= 4 is 34.4 Å². The van der Waals surface area contributed by atoms with Gasteiger partial charge in [-0.05, 0) is 19.1 Å². The second kappa shape index (κ2) is 4.80. The van der Waals surface area contributed by atoms with E-state index in [0.717, 1.165) is 4.90 Å². The molecule has 1 aromatic heterocycles. The zero-order valence-electron chi connectivity index (χ0n) is 11.5. The highest BCUT2D eigenvalue weighted by atomic mass is 35.5. The minimum Gasteiger partial charge on any atom is -0.313 e. The van der Waals surface area contributed by atoms with Crippen LogP contribution in [0, 0.1) is 5.82 Å². The second-order valence-electron chi connectivity index (χ2n) is 5.07. The van der Waals surface area contributed by atoms with Crippen LogP contribution in [0.1, 0.15) is 30.6 Å². The van der Waals surface area contributed by atoms with Gasteiger partial charge in [-0.25, -0.2) is 9.37 Å². The maximum absolute atomic E-state index is 13.9. The monoisotopic (exact) mass is 309 g/mol. The molecule has 0 aliphatic carbocycles. The van der Waals surface area contributed by atoms with E-state index in [9.17, 15) is 14.0 Å². The van der Waals surface area contributed by atoms with Crippen molar-refractivity contribution in [1.82, 2.24) is 14.5 Å². The summed E-state index contributed by atoms with van der Waals surface area (Å²) in [5.41, 5.74) is 0.633. The number of imidazole rings is 1. The van der Waals surface area contributed by atoms with Gasteiger partial charge in [0.1, 0.15) is 17.4 Å². The number of hydrogen-bond acceptors (Lipinski definition) is 3. The lowest BCUT2D eigenvalue weighted by atomic mass is 10.2. The molecule has 0 radical (unpaired) electrons. The molecule has 2 heterocycles. The molecule has 1 aromatic carbocycles. The Kier molecular flexibility index (Phi) is 3.20. The Balaban J connectivity index is 2.26. The number of halogens is 2. The maximum atomic E-state index is 13.9. The van der Waals surface area contributed by atoms with Crippen LogP contribution in [-0.4, -0.2) is 33.3 Å². The summed E-state index contributed by atoms with van der Waals surface area (Å²) in [5, 5.41) is -0.509. The van der Waals surface area contributed by atoms with Gasteiger partial charge in [0.05, 0.1) is 17.3 Å². The zero-order chi connectivity index (χ0) is 15.3. The van der Waals surface area contributed by atoms with Crippen molar-refractivity contribution < 1.29 is 14.0 Å². The Labute approximate surface area is 125 Å². The summed E-state index contributed by atoms with van der Waals surface area (Å²) in [6.07, 6.45) is 0.0356. The van der Waals surface area contributed by atoms with Crippen LogP contribution in [0.5, 0.6) is 0 Å². The van der Waals surface area contributed by atoms with Gasteiger partial charge in [0.15, 0.2) is 5.82 Å². The van der Waals surface area contributed by atoms with Crippen molar-refractivity contribution in [2.24, 2.45) is 0 Å². The number of para-hydroxylation sites is 1. The van der Waals surface area contributed by atoms with Gasteiger partial charge in [0.25, 0.3) is 5.91 Å². The van der Waals surface area contributed by atoms with E-state index in [0.29, 0.717) is 11.3 Å². The number of carbonyl (C=O) groups is 2. The van der Waals surface area contributed by atoms with Crippen LogP contribution in [0.3, 0.4) is 0 Å². The van der Waals surface area contributed by atoms with E-state index in [1.807, 2.05) is 0 Å². The number of fused-ring (bicyclic) bond motifs is 1. The van der Waals surface area contributed by atoms with Crippen LogP contribution in [0.15, 0.2) is 18.2 Å². The lowest BCUT2D eigenvalue weighted by Gasteiger charge is -2.15. The minimum atomic E-state index is -0.717. The van der Waals surface area contributed by atoms with Crippen molar-refractivity contribution in [3.63, 3.8) is 0 Å². The quantitative estimate of drug-likeness (QED) is 0.632. The number of likely N-dealkylation sites (N-methyl/N-ethyl adjacent to an activating group) is 1. The number of alkyl halides is 1. The molecular formula is C14H13ClFN3O2. The molecule has 0 saturated carbocycles. The highest BCUT2D eigenvalue weighted by molar-refractivity contribution is 6.20. The summed E-state index contributed by atoms with van der Waals surface area (Å²) in [6, 6.07) is 3.80. The summed E-state index contributed by atoms with van der Waals surface area (Å²) in [6.45, 7) is 1.70. The van der Waals surface area contributed by atoms with E-state index < -0.39 is 17.2 Å². The molecule has 2 amide bonds. The molecule has 7 heteroatoms. The van der Waals surface area contributed by atoms with E-state index in [1.54, 1.807) is 23.6 Å². The average molecular weight is 310 g/mol. The molecule has 5 nitrogen and oxygen atoms in total. The minimum absolute atomic E-state index is 0.0356. The van der Waals surface area contributed by atoms with Crippen molar-refractivity contribution in [2.45, 2.75) is 24.8 Å². The van der Waals surface area contributed by atoms with E-state index in [-0.39, 0.29) is 23.8 Å². The smallest absolute Gasteiger partial charge is 0.252 e. The van der Waals surface area contributed by atoms with Crippen molar-refractivity contribution in [3.8, 4) is 0 Å². The predicted octanol–water partition coefficient (Wildman–Crippen LogP) is 2.41. The van der Waals surface area contributed by atoms with Crippen LogP contribution >= 0.6 is 11.6 Å². The number of hydrogen-bond donors (Lipinski definition) is 0. The molecule has 0 N–H and O–H groups in total. The van der Waals surface area contributed by atoms with E-state index in [4.69, 9.17) is 11.6 Å². The Morgan fingerprint density at radius 2 is 2.14 bits per heavy atom. The summed E-state index contributed by atoms with van der Waals surface area (Å²) in [4.78, 5) is 29.3. The van der Waals surface area contributed by atoms with Gasteiger partial charge in [0, 0.05) is 7.05 Å². The first kappa shape index (κ1) is 14.0. The molecule has 21 heavy (non-hydrogen) atoms. The molecule has 3 rings (SSSR count). The molecule has 1 aliphatic heterocycles. The zero-order valence-corrected chi connectivity index (χ0v) is 12.3. The molecular weight excluding hydrogens is 297 g/mol. The Morgan fingerprint density at radius 1 is 1.43 bits per heavy atom. The molecule has 0 bridgehead atoms. The van der Waals surface area contributed by atoms with Crippen LogP contribution in [0.2, 0.25) is 0 Å². The van der Waals surface area contributed by atoms with Gasteiger partial charge in [-0.3, -0.25) is 14.5 Å². The number of aromatic nitrogens is 2. The number of nitrogens with zero attached hydrogens (tertiary/aromatic N) is 3. The van der Waals surface area contributed by atoms with Crippen LogP contribution in [0.4, 0.5) is 4.39 Å². The van der Waals surface area contributed by atoms with Crippen molar-refractivity contribution in [3.05, 3.63) is 29.8 Å². The average Bonchev–Trinajstić information content (AvgIpc) is 2.93. The standard InChI is InChI=1S/C14H13ClFN3O2/c1-7(15)13-17-12-8(16)4-3-5-9(12)19(13)10-6-11(20)18(2)14(10)21/h3-5,7,10H,6H2,1-2H3. The number of rotatable bonds is 2. The van der Waals surface area contributed by atoms with Crippen LogP contribution in [-0.2, 0) is 9.59 Å². The summed E-state index contributed by atoms with van der Waals surface area (Å²) in [5.74, 6) is -0.688. The fraction of sp³-hybridized carbons (Fsp3) is 0.357. The lowest BCUT2D eigenvalue weighted by molar-refractivity contribution is -0.137. The summed E-state index contributed by atoms with van der Waals surface area (Å²) >= 11 is 6.12. The molecule has 110 valence electrons. The topological polar surface area (TPSA) is 55.2 Å². The fourth-order valence-corrected chi connectivity index (χ4v) is 2.80. The second-order valence-corrected chi connectivity index (χ2v) is 5.73. The molecule has 2 atom stereocenters. The SMILES string of the molecule is CC(Cl)c1nc2c(F)cccc2n1C1CC(=O)N(C)C1=O. The fourth-order valence-electron chi connectivity index (χ4n) is 2.65. The molecule has 1 saturated heterocycles. The van der Waals surface area contributed by atoms with Gasteiger partial charge in [-0.1, -0.05) is 6.07 Å². The summed E-state index contributed by atoms with van der Waals surface area (Å²) < 4.78 is 15.5. The summed E-state index contributed by atoms with van der Waals surface area (Å²) in [7, 11) is 1.44. The Bertz CT molecular complexity index is 756. The third-order valence-electron chi connectivity index (χ3n) is 3.72. The first-order valence-corrected chi connectivity index (χ1v) is 6.96. The number of carbonyl (C=O) groups excluding carboxylic acids is 2. The van der Waals surface area contributed by atoms with Gasteiger partial charge in [-0.15, -0.1) is 11.6 Å². The van der Waals surface area contributed by atoms with Gasteiger partial charge < -0.3 is 4.57 Å². The third-order valence-corrected chi connectivity index (χ3v) is 3.92. The van der Waals surface area contributed by atoms with E-state index in [1.165, 1.54) is 13.1 Å². The van der Waals surface area contributed by atoms with E-state index >= 15 is 0 Å². The molecule has 2 unspecified atom stereocenters. The number of benzene rings is 1. The molecule has 2 aromatic rings. The van der Waals surface area contributed by atoms with Gasteiger partial charge >= 0.3 is 0 Å². The highest BCUT2D eigenvalue weighted by Crippen LogP contribution is 2.33. The third kappa shape index (κ3) is 2.01. The molecule has 0 spiro atoms. The van der Waals surface area contributed by atoms with Gasteiger partial charge in [-0.2, -0.15) is 0 Å². The first-order chi connectivity index (χ1) is 9.91. The number of imide groups is 1. The van der Waals surface area contributed by atoms with E-state index in [2.05, 4.69) is 4.98 Å². The van der Waals surface area contributed by atoms with Crippen molar-refractivity contribution in [1.29, 1.82) is 0 Å². The van der Waals surface area contributed by atoms with Gasteiger partial charge in [0.2, 0.25) is 5.91 Å². The van der Waals surface area contributed by atoms with Crippen LogP contribution < -0.4 is 0 Å². The normalized spacial score (nSPS) is 20.6. The largest absolute Gasteiger partial charge is 0.313 e. The van der Waals surface area contributed by atoms with Crippen LogP contribution in [0.25, 0.3) is 11.0 Å². The molecule has 1 aliphatic rings. The molecule has 1 fully saturated rings. The Morgan fingerprint density at radius 3 is 2.71 bits per heavy atom. The predicted molar refractivity (Wildman–Crippen MR) is 75.4 cm³/mol. The maximum Gasteiger partial charge on any atom is 0.252 e. The Hall–Kier alpha value is -1.95.